The number of aliphatic hydroxyl groups excluding tert-OH is 1. The Bertz CT molecular complexity index is 591. The number of para-hydroxylation sites is 1. The Morgan fingerprint density at radius 3 is 2.79 bits per heavy atom. The molecule has 1 heterocycles. The molecule has 1 aromatic carbocycles. The molecule has 100 valence electrons. The SMILES string of the molecule is CC(C)(CCO)NC(=O)c1cccc2nccnc12. The van der Waals surface area contributed by atoms with Crippen LogP contribution in [0.5, 0.6) is 0 Å². The summed E-state index contributed by atoms with van der Waals surface area (Å²) in [5.74, 6) is -0.204. The van der Waals surface area contributed by atoms with Crippen LogP contribution in [-0.2, 0) is 0 Å². The molecule has 0 saturated heterocycles. The van der Waals surface area contributed by atoms with Crippen LogP contribution >= 0.6 is 0 Å². The van der Waals surface area contributed by atoms with E-state index >= 15 is 0 Å². The minimum Gasteiger partial charge on any atom is -0.396 e. The van der Waals surface area contributed by atoms with E-state index in [9.17, 15) is 4.79 Å². The highest BCUT2D eigenvalue weighted by atomic mass is 16.3. The molecular weight excluding hydrogens is 242 g/mol. The average Bonchev–Trinajstić information content (AvgIpc) is 2.37. The van der Waals surface area contributed by atoms with Crippen molar-refractivity contribution < 1.29 is 9.90 Å². The molecule has 1 amide bonds. The van der Waals surface area contributed by atoms with E-state index < -0.39 is 5.54 Å². The number of carbonyl (C=O) groups excluding carboxylic acids is 1. The second-order valence-corrected chi connectivity index (χ2v) is 5.04. The highest BCUT2D eigenvalue weighted by Gasteiger charge is 2.21. The third-order valence-electron chi connectivity index (χ3n) is 2.93. The summed E-state index contributed by atoms with van der Waals surface area (Å²) in [6, 6.07) is 5.32. The minimum atomic E-state index is -0.462. The second kappa shape index (κ2) is 5.32. The van der Waals surface area contributed by atoms with Crippen LogP contribution in [0.2, 0.25) is 0 Å². The first-order valence-corrected chi connectivity index (χ1v) is 6.16. The molecule has 19 heavy (non-hydrogen) atoms. The molecule has 2 aromatic rings. The first-order chi connectivity index (χ1) is 9.03. The van der Waals surface area contributed by atoms with E-state index in [1.54, 1.807) is 24.5 Å². The van der Waals surface area contributed by atoms with Crippen LogP contribution in [0.15, 0.2) is 30.6 Å². The van der Waals surface area contributed by atoms with E-state index in [0.29, 0.717) is 23.0 Å². The van der Waals surface area contributed by atoms with Crippen LogP contribution in [0.4, 0.5) is 0 Å². The van der Waals surface area contributed by atoms with Gasteiger partial charge in [0.05, 0.1) is 11.1 Å². The number of hydrogen-bond acceptors (Lipinski definition) is 4. The Labute approximate surface area is 111 Å². The van der Waals surface area contributed by atoms with Gasteiger partial charge in [0.2, 0.25) is 0 Å². The number of nitrogens with one attached hydrogen (secondary N) is 1. The fourth-order valence-electron chi connectivity index (χ4n) is 1.89. The molecule has 0 aliphatic rings. The van der Waals surface area contributed by atoms with Gasteiger partial charge in [-0.3, -0.25) is 14.8 Å². The Kier molecular flexibility index (Phi) is 3.76. The summed E-state index contributed by atoms with van der Waals surface area (Å²) in [5, 5.41) is 11.9. The molecule has 0 fully saturated rings. The van der Waals surface area contributed by atoms with Crippen molar-refractivity contribution >= 4 is 16.9 Å². The monoisotopic (exact) mass is 259 g/mol. The molecule has 0 radical (unpaired) electrons. The second-order valence-electron chi connectivity index (χ2n) is 5.04. The maximum absolute atomic E-state index is 12.3. The van der Waals surface area contributed by atoms with Gasteiger partial charge >= 0.3 is 0 Å². The largest absolute Gasteiger partial charge is 0.396 e. The molecule has 0 unspecified atom stereocenters. The molecular formula is C14H17N3O2. The van der Waals surface area contributed by atoms with Gasteiger partial charge < -0.3 is 10.4 Å². The lowest BCUT2D eigenvalue weighted by Crippen LogP contribution is -2.44. The summed E-state index contributed by atoms with van der Waals surface area (Å²) in [6.45, 7) is 3.78. The van der Waals surface area contributed by atoms with Gasteiger partial charge in [0.1, 0.15) is 5.52 Å². The Balaban J connectivity index is 2.32. The number of benzene rings is 1. The van der Waals surface area contributed by atoms with Gasteiger partial charge in [-0.05, 0) is 32.4 Å². The number of amides is 1. The van der Waals surface area contributed by atoms with Crippen molar-refractivity contribution in [2.24, 2.45) is 0 Å². The normalized spacial score (nSPS) is 11.5. The van der Waals surface area contributed by atoms with Crippen LogP contribution in [0.1, 0.15) is 30.6 Å². The van der Waals surface area contributed by atoms with Crippen molar-refractivity contribution in [3.63, 3.8) is 0 Å². The summed E-state index contributed by atoms with van der Waals surface area (Å²) in [7, 11) is 0. The first-order valence-electron chi connectivity index (χ1n) is 6.16. The van der Waals surface area contributed by atoms with Crippen LogP contribution in [-0.4, -0.2) is 33.1 Å². The lowest BCUT2D eigenvalue weighted by Gasteiger charge is -2.25. The van der Waals surface area contributed by atoms with Crippen molar-refractivity contribution in [3.8, 4) is 0 Å². The molecule has 0 saturated carbocycles. The van der Waals surface area contributed by atoms with Crippen LogP contribution in [0.3, 0.4) is 0 Å². The maximum atomic E-state index is 12.3. The Hall–Kier alpha value is -2.01. The molecule has 0 bridgehead atoms. The predicted molar refractivity (Wildman–Crippen MR) is 72.8 cm³/mol. The molecule has 2 N–H and O–H groups in total. The zero-order valence-corrected chi connectivity index (χ0v) is 11.1. The number of fused-ring (bicyclic) bond motifs is 1. The fourth-order valence-corrected chi connectivity index (χ4v) is 1.89. The third-order valence-corrected chi connectivity index (χ3v) is 2.93. The molecule has 0 spiro atoms. The van der Waals surface area contributed by atoms with Crippen molar-refractivity contribution in [1.82, 2.24) is 15.3 Å². The lowest BCUT2D eigenvalue weighted by atomic mass is 10.0. The molecule has 5 nitrogen and oxygen atoms in total. The van der Waals surface area contributed by atoms with E-state index in [-0.39, 0.29) is 12.5 Å². The molecule has 1 aromatic heterocycles. The Morgan fingerprint density at radius 1 is 1.32 bits per heavy atom. The number of aliphatic hydroxyl groups is 1. The number of carbonyl (C=O) groups is 1. The van der Waals surface area contributed by atoms with E-state index in [4.69, 9.17) is 5.11 Å². The minimum absolute atomic E-state index is 0.0304. The van der Waals surface area contributed by atoms with E-state index in [2.05, 4.69) is 15.3 Å². The maximum Gasteiger partial charge on any atom is 0.253 e. The van der Waals surface area contributed by atoms with Crippen molar-refractivity contribution in [1.29, 1.82) is 0 Å². The third kappa shape index (κ3) is 3.06. The van der Waals surface area contributed by atoms with Crippen molar-refractivity contribution in [2.75, 3.05) is 6.61 Å². The molecule has 0 atom stereocenters. The summed E-state index contributed by atoms with van der Waals surface area (Å²) in [5.41, 5.74) is 1.31. The van der Waals surface area contributed by atoms with Gasteiger partial charge in [0, 0.05) is 24.5 Å². The molecule has 2 rings (SSSR count). The number of nitrogens with zero attached hydrogens (tertiary/aromatic N) is 2. The predicted octanol–water partition coefficient (Wildman–Crippen LogP) is 1.52. The highest BCUT2D eigenvalue weighted by Crippen LogP contribution is 2.16. The quantitative estimate of drug-likeness (QED) is 0.873. The van der Waals surface area contributed by atoms with Gasteiger partial charge in [0.15, 0.2) is 0 Å². The summed E-state index contributed by atoms with van der Waals surface area (Å²) >= 11 is 0. The van der Waals surface area contributed by atoms with Crippen LogP contribution < -0.4 is 5.32 Å². The van der Waals surface area contributed by atoms with E-state index in [1.807, 2.05) is 19.9 Å². The fraction of sp³-hybridized carbons (Fsp3) is 0.357. The zero-order chi connectivity index (χ0) is 13.9. The average molecular weight is 259 g/mol. The summed E-state index contributed by atoms with van der Waals surface area (Å²) < 4.78 is 0. The van der Waals surface area contributed by atoms with Crippen molar-refractivity contribution in [3.05, 3.63) is 36.2 Å². The zero-order valence-electron chi connectivity index (χ0n) is 11.1. The smallest absolute Gasteiger partial charge is 0.253 e. The van der Waals surface area contributed by atoms with E-state index in [1.165, 1.54) is 0 Å². The number of rotatable bonds is 4. The lowest BCUT2D eigenvalue weighted by molar-refractivity contribution is 0.0901. The molecule has 0 aliphatic carbocycles. The summed E-state index contributed by atoms with van der Waals surface area (Å²) in [6.07, 6.45) is 3.66. The highest BCUT2D eigenvalue weighted by molar-refractivity contribution is 6.04. The van der Waals surface area contributed by atoms with Crippen LogP contribution in [0.25, 0.3) is 11.0 Å². The van der Waals surface area contributed by atoms with Gasteiger partial charge in [0.25, 0.3) is 5.91 Å². The number of hydrogen-bond donors (Lipinski definition) is 2. The number of aromatic nitrogens is 2. The topological polar surface area (TPSA) is 75.1 Å². The van der Waals surface area contributed by atoms with Crippen molar-refractivity contribution in [2.45, 2.75) is 25.8 Å². The van der Waals surface area contributed by atoms with Crippen LogP contribution in [0, 0.1) is 0 Å². The standard InChI is InChI=1S/C14H17N3O2/c1-14(2,6-9-18)17-13(19)10-4-3-5-11-12(10)16-8-7-15-11/h3-5,7-8,18H,6,9H2,1-2H3,(H,17,19). The van der Waals surface area contributed by atoms with E-state index in [0.717, 1.165) is 0 Å². The first kappa shape index (κ1) is 13.4. The molecule has 0 aliphatic heterocycles. The van der Waals surface area contributed by atoms with Gasteiger partial charge in [-0.15, -0.1) is 0 Å². The van der Waals surface area contributed by atoms with Gasteiger partial charge in [-0.1, -0.05) is 6.07 Å². The molecule has 5 heteroatoms. The Morgan fingerprint density at radius 2 is 2.05 bits per heavy atom. The van der Waals surface area contributed by atoms with Gasteiger partial charge in [-0.2, -0.15) is 0 Å². The summed E-state index contributed by atoms with van der Waals surface area (Å²) in [4.78, 5) is 20.7. The van der Waals surface area contributed by atoms with Gasteiger partial charge in [-0.25, -0.2) is 0 Å².